The first-order chi connectivity index (χ1) is 14.2. The quantitative estimate of drug-likeness (QED) is 0.536. The van der Waals surface area contributed by atoms with E-state index in [4.69, 9.17) is 9.57 Å². The van der Waals surface area contributed by atoms with Crippen molar-refractivity contribution in [3.8, 4) is 5.75 Å². The predicted molar refractivity (Wildman–Crippen MR) is 125 cm³/mol. The van der Waals surface area contributed by atoms with Gasteiger partial charge in [0.05, 0.1) is 42.3 Å². The van der Waals surface area contributed by atoms with Crippen LogP contribution in [0.15, 0.2) is 29.6 Å². The molecule has 1 aromatic heterocycles. The van der Waals surface area contributed by atoms with Crippen molar-refractivity contribution in [2.45, 2.75) is 51.2 Å². The van der Waals surface area contributed by atoms with Gasteiger partial charge in [0, 0.05) is 22.6 Å². The summed E-state index contributed by atoms with van der Waals surface area (Å²) in [5, 5.41) is 7.98. The molecule has 0 unspecified atom stereocenters. The minimum absolute atomic E-state index is 0.173. The molecule has 2 aliphatic rings. The highest BCUT2D eigenvalue weighted by molar-refractivity contribution is 7.99. The Kier molecular flexibility index (Phi) is 5.12. The molecule has 0 bridgehead atoms. The van der Waals surface area contributed by atoms with Crippen LogP contribution in [0, 0.1) is 6.92 Å². The van der Waals surface area contributed by atoms with Crippen LogP contribution in [0.25, 0.3) is 0 Å². The monoisotopic (exact) mass is 426 g/mol. The molecular formula is C23H30N4O2S. The van der Waals surface area contributed by atoms with Crippen LogP contribution < -0.4 is 14.4 Å². The molecular weight excluding hydrogens is 396 g/mol. The van der Waals surface area contributed by atoms with E-state index in [1.54, 1.807) is 26.2 Å². The smallest absolute Gasteiger partial charge is 0.125 e. The molecule has 2 aromatic rings. The highest BCUT2D eigenvalue weighted by Gasteiger charge is 2.50. The third-order valence-corrected chi connectivity index (χ3v) is 7.41. The number of anilines is 2. The summed E-state index contributed by atoms with van der Waals surface area (Å²) < 4.78 is 7.75. The van der Waals surface area contributed by atoms with Gasteiger partial charge in [-0.2, -0.15) is 0 Å². The number of oxime groups is 1. The topological polar surface area (TPSA) is 59.0 Å². The molecule has 4 rings (SSSR count). The number of benzene rings is 1. The summed E-state index contributed by atoms with van der Waals surface area (Å²) in [4.78, 5) is 9.77. The Bertz CT molecular complexity index is 1020. The molecule has 0 amide bonds. The van der Waals surface area contributed by atoms with Gasteiger partial charge in [-0.1, -0.05) is 32.9 Å². The maximum Gasteiger partial charge on any atom is 0.125 e. The summed E-state index contributed by atoms with van der Waals surface area (Å²) in [5.41, 5.74) is 7.84. The molecule has 6 nitrogen and oxygen atoms in total. The SMILES string of the molecule is CO/N=C1\C(C)(C)c2cc3c(cc2C1(C)C)N(SCc1nccc(OC)c1C)CN3. The fourth-order valence-electron chi connectivity index (χ4n) is 4.75. The number of ether oxygens (including phenoxy) is 1. The second-order valence-corrected chi connectivity index (χ2v) is 9.85. The van der Waals surface area contributed by atoms with Crippen LogP contribution in [0.2, 0.25) is 0 Å². The molecule has 1 aliphatic carbocycles. The Morgan fingerprint density at radius 2 is 1.87 bits per heavy atom. The van der Waals surface area contributed by atoms with Crippen LogP contribution in [-0.2, 0) is 21.4 Å². The molecule has 0 saturated heterocycles. The number of aromatic nitrogens is 1. The summed E-state index contributed by atoms with van der Waals surface area (Å²) in [6.45, 7) is 11.7. The second-order valence-electron chi connectivity index (χ2n) is 8.86. The number of nitrogens with zero attached hydrogens (tertiary/aromatic N) is 3. The van der Waals surface area contributed by atoms with Gasteiger partial charge < -0.3 is 14.9 Å². The van der Waals surface area contributed by atoms with Gasteiger partial charge in [-0.3, -0.25) is 9.29 Å². The standard InChI is InChI=1S/C23H30N4O2S/c1-14-18(24-9-8-20(14)28-6)12-30-27-13-25-17-10-15-16(11-19(17)27)23(4,5)21(26-29-7)22(15,2)3/h8-11,25H,12-13H2,1-7H3/b26-21+. The molecule has 160 valence electrons. The second kappa shape index (κ2) is 7.38. The van der Waals surface area contributed by atoms with Gasteiger partial charge in [0.1, 0.15) is 12.9 Å². The first-order valence-electron chi connectivity index (χ1n) is 10.2. The number of hydrogen-bond acceptors (Lipinski definition) is 7. The van der Waals surface area contributed by atoms with Crippen LogP contribution in [0.3, 0.4) is 0 Å². The normalized spacial score (nSPS) is 19.4. The van der Waals surface area contributed by atoms with Crippen molar-refractivity contribution >= 4 is 29.0 Å². The highest BCUT2D eigenvalue weighted by Crippen LogP contribution is 2.52. The Balaban J connectivity index is 1.65. The minimum atomic E-state index is -0.187. The zero-order chi connectivity index (χ0) is 21.7. The third kappa shape index (κ3) is 3.11. The molecule has 30 heavy (non-hydrogen) atoms. The van der Waals surface area contributed by atoms with Gasteiger partial charge in [0.2, 0.25) is 0 Å². The Hall–Kier alpha value is -2.41. The van der Waals surface area contributed by atoms with Crippen LogP contribution in [0.5, 0.6) is 5.75 Å². The zero-order valence-electron chi connectivity index (χ0n) is 18.8. The van der Waals surface area contributed by atoms with Crippen LogP contribution >= 0.6 is 11.9 Å². The fraction of sp³-hybridized carbons (Fsp3) is 0.478. The maximum atomic E-state index is 5.44. The molecule has 1 N–H and O–H groups in total. The van der Waals surface area contributed by atoms with E-state index >= 15 is 0 Å². The van der Waals surface area contributed by atoms with Crippen molar-refractivity contribution < 1.29 is 9.57 Å². The number of nitrogens with one attached hydrogen (secondary N) is 1. The van der Waals surface area contributed by atoms with Crippen molar-refractivity contribution in [2.75, 3.05) is 30.5 Å². The van der Waals surface area contributed by atoms with Gasteiger partial charge in [-0.05, 0) is 48.2 Å². The number of pyridine rings is 1. The molecule has 7 heteroatoms. The first kappa shape index (κ1) is 20.8. The molecule has 1 aliphatic heterocycles. The molecule has 0 fully saturated rings. The number of hydrogen-bond donors (Lipinski definition) is 1. The van der Waals surface area contributed by atoms with Crippen LogP contribution in [0.4, 0.5) is 11.4 Å². The summed E-state index contributed by atoms with van der Waals surface area (Å²) in [7, 11) is 3.32. The lowest BCUT2D eigenvalue weighted by Gasteiger charge is -2.25. The Morgan fingerprint density at radius 1 is 1.17 bits per heavy atom. The van der Waals surface area contributed by atoms with E-state index in [1.807, 2.05) is 12.3 Å². The van der Waals surface area contributed by atoms with E-state index in [-0.39, 0.29) is 10.8 Å². The average molecular weight is 427 g/mol. The fourth-order valence-corrected chi connectivity index (χ4v) is 5.76. The number of methoxy groups -OCH3 is 1. The lowest BCUT2D eigenvalue weighted by Crippen LogP contribution is -2.34. The van der Waals surface area contributed by atoms with Crippen LogP contribution in [-0.4, -0.2) is 31.6 Å². The largest absolute Gasteiger partial charge is 0.496 e. The van der Waals surface area contributed by atoms with E-state index < -0.39 is 0 Å². The molecule has 0 saturated carbocycles. The first-order valence-corrected chi connectivity index (χ1v) is 11.1. The van der Waals surface area contributed by atoms with Crippen molar-refractivity contribution in [1.82, 2.24) is 4.98 Å². The van der Waals surface area contributed by atoms with Crippen molar-refractivity contribution in [2.24, 2.45) is 5.16 Å². The highest BCUT2D eigenvalue weighted by atomic mass is 32.2. The van der Waals surface area contributed by atoms with Gasteiger partial charge in [-0.15, -0.1) is 0 Å². The van der Waals surface area contributed by atoms with Gasteiger partial charge >= 0.3 is 0 Å². The van der Waals surface area contributed by atoms with Crippen molar-refractivity contribution in [1.29, 1.82) is 0 Å². The van der Waals surface area contributed by atoms with E-state index in [0.717, 1.165) is 35.1 Å². The zero-order valence-corrected chi connectivity index (χ0v) is 19.6. The lowest BCUT2D eigenvalue weighted by atomic mass is 9.79. The number of rotatable bonds is 5. The van der Waals surface area contributed by atoms with Gasteiger partial charge in [0.25, 0.3) is 0 Å². The summed E-state index contributed by atoms with van der Waals surface area (Å²) in [5.74, 6) is 1.67. The third-order valence-electron chi connectivity index (χ3n) is 6.37. The molecule has 2 heterocycles. The molecule has 0 radical (unpaired) electrons. The molecule has 0 spiro atoms. The Morgan fingerprint density at radius 3 is 2.53 bits per heavy atom. The summed E-state index contributed by atoms with van der Waals surface area (Å²) in [6, 6.07) is 6.52. The van der Waals surface area contributed by atoms with E-state index in [0.29, 0.717) is 0 Å². The predicted octanol–water partition coefficient (Wildman–Crippen LogP) is 5.01. The van der Waals surface area contributed by atoms with Crippen molar-refractivity contribution in [3.05, 3.63) is 46.8 Å². The minimum Gasteiger partial charge on any atom is -0.496 e. The lowest BCUT2D eigenvalue weighted by molar-refractivity contribution is 0.208. The van der Waals surface area contributed by atoms with Gasteiger partial charge in [-0.25, -0.2) is 0 Å². The summed E-state index contributed by atoms with van der Waals surface area (Å²) >= 11 is 1.77. The van der Waals surface area contributed by atoms with Gasteiger partial charge in [0.15, 0.2) is 0 Å². The van der Waals surface area contributed by atoms with E-state index in [1.165, 1.54) is 22.5 Å². The maximum absolute atomic E-state index is 5.44. The number of fused-ring (bicyclic) bond motifs is 2. The van der Waals surface area contributed by atoms with E-state index in [2.05, 4.69) is 66.5 Å². The summed E-state index contributed by atoms with van der Waals surface area (Å²) in [6.07, 6.45) is 1.81. The van der Waals surface area contributed by atoms with E-state index in [9.17, 15) is 0 Å². The molecule has 1 aromatic carbocycles. The van der Waals surface area contributed by atoms with Crippen LogP contribution in [0.1, 0.15) is 50.1 Å². The molecule has 0 atom stereocenters. The Labute approximate surface area is 183 Å². The van der Waals surface area contributed by atoms with Crippen molar-refractivity contribution in [3.63, 3.8) is 0 Å². The average Bonchev–Trinajstić information content (AvgIpc) is 3.17.